The minimum absolute atomic E-state index is 0.0149. The third-order valence-electron chi connectivity index (χ3n) is 4.57. The van der Waals surface area contributed by atoms with E-state index in [1.54, 1.807) is 17.0 Å². The van der Waals surface area contributed by atoms with Crippen LogP contribution in [-0.2, 0) is 20.7 Å². The maximum Gasteiger partial charge on any atom is 0.223 e. The number of hydrogen-bond acceptors (Lipinski definition) is 4. The Kier molecular flexibility index (Phi) is 4.35. The van der Waals surface area contributed by atoms with E-state index in [9.17, 15) is 14.0 Å². The van der Waals surface area contributed by atoms with Crippen molar-refractivity contribution in [3.63, 3.8) is 0 Å². The summed E-state index contributed by atoms with van der Waals surface area (Å²) in [5.41, 5.74) is 0.303. The van der Waals surface area contributed by atoms with Gasteiger partial charge in [0.25, 0.3) is 0 Å². The maximum absolute atomic E-state index is 13.6. The average molecular weight is 321 g/mol. The lowest BCUT2D eigenvalue weighted by atomic mass is 9.99. The van der Waals surface area contributed by atoms with Gasteiger partial charge in [0.2, 0.25) is 5.91 Å². The first-order valence-corrected chi connectivity index (χ1v) is 7.77. The van der Waals surface area contributed by atoms with Gasteiger partial charge in [-0.25, -0.2) is 4.39 Å². The quantitative estimate of drug-likeness (QED) is 0.847. The highest BCUT2D eigenvalue weighted by Gasteiger charge is 2.46. The number of hydrogen-bond donors (Lipinski definition) is 0. The number of halogens is 1. The first-order chi connectivity index (χ1) is 11.0. The second-order valence-corrected chi connectivity index (χ2v) is 6.22. The molecule has 6 heteroatoms. The summed E-state index contributed by atoms with van der Waals surface area (Å²) in [5, 5.41) is 0. The topological polar surface area (TPSA) is 55.8 Å². The summed E-state index contributed by atoms with van der Waals surface area (Å²) in [6.45, 7) is 1.25. The highest BCUT2D eigenvalue weighted by molar-refractivity contribution is 5.83. The number of carbonyl (C=O) groups excluding carboxylic acids is 2. The van der Waals surface area contributed by atoms with E-state index >= 15 is 0 Å². The number of methoxy groups -OCH3 is 1. The third kappa shape index (κ3) is 3.37. The maximum atomic E-state index is 13.6. The molecule has 23 heavy (non-hydrogen) atoms. The van der Waals surface area contributed by atoms with Crippen molar-refractivity contribution in [2.75, 3.05) is 26.8 Å². The van der Waals surface area contributed by atoms with Crippen LogP contribution >= 0.6 is 0 Å². The molecule has 3 rings (SSSR count). The molecular formula is C17H20FNO4. The van der Waals surface area contributed by atoms with Gasteiger partial charge in [0.15, 0.2) is 17.3 Å². The van der Waals surface area contributed by atoms with Crippen LogP contribution in [0.4, 0.5) is 4.39 Å². The summed E-state index contributed by atoms with van der Waals surface area (Å²) in [4.78, 5) is 25.5. The van der Waals surface area contributed by atoms with Gasteiger partial charge in [-0.15, -0.1) is 0 Å². The van der Waals surface area contributed by atoms with Gasteiger partial charge in [0.1, 0.15) is 6.61 Å². The first kappa shape index (κ1) is 15.9. The van der Waals surface area contributed by atoms with Crippen LogP contribution in [0.25, 0.3) is 0 Å². The highest BCUT2D eigenvalue weighted by atomic mass is 19.1. The lowest BCUT2D eigenvalue weighted by Gasteiger charge is -2.22. The van der Waals surface area contributed by atoms with Gasteiger partial charge in [-0.2, -0.15) is 0 Å². The van der Waals surface area contributed by atoms with Crippen LogP contribution in [-0.4, -0.2) is 49.0 Å². The number of nitrogens with zero attached hydrogens (tertiary/aromatic N) is 1. The minimum atomic E-state index is -0.459. The van der Waals surface area contributed by atoms with Crippen LogP contribution in [0.5, 0.6) is 5.75 Å². The zero-order valence-corrected chi connectivity index (χ0v) is 13.1. The predicted molar refractivity (Wildman–Crippen MR) is 80.8 cm³/mol. The summed E-state index contributed by atoms with van der Waals surface area (Å²) in [6, 6.07) is 4.73. The summed E-state index contributed by atoms with van der Waals surface area (Å²) in [6.07, 6.45) is 1.90. The number of carbonyl (C=O) groups is 2. The molecule has 2 heterocycles. The Bertz CT molecular complexity index is 633. The van der Waals surface area contributed by atoms with Gasteiger partial charge in [-0.3, -0.25) is 9.59 Å². The molecule has 0 radical (unpaired) electrons. The smallest absolute Gasteiger partial charge is 0.223 e. The van der Waals surface area contributed by atoms with Crippen LogP contribution in [0.1, 0.15) is 24.8 Å². The SMILES string of the molecule is COc1ccc(CCC(=O)N2CCC3(CC(=O)CO3)C2)cc1F. The van der Waals surface area contributed by atoms with E-state index in [1.807, 2.05) is 0 Å². The lowest BCUT2D eigenvalue weighted by molar-refractivity contribution is -0.131. The fourth-order valence-corrected chi connectivity index (χ4v) is 3.29. The standard InChI is InChI=1S/C17H20FNO4/c1-22-15-4-2-12(8-14(15)18)3-5-16(21)19-7-6-17(11-19)9-13(20)10-23-17/h2,4,8H,3,5-7,9-11H2,1H3. The average Bonchev–Trinajstić information content (AvgIpc) is 3.11. The van der Waals surface area contributed by atoms with Crippen LogP contribution in [0, 0.1) is 5.82 Å². The molecule has 0 bridgehead atoms. The molecular weight excluding hydrogens is 301 g/mol. The second-order valence-electron chi connectivity index (χ2n) is 6.22. The van der Waals surface area contributed by atoms with Crippen molar-refractivity contribution in [1.82, 2.24) is 4.90 Å². The number of ether oxygens (including phenoxy) is 2. The number of aryl methyl sites for hydroxylation is 1. The summed E-state index contributed by atoms with van der Waals surface area (Å²) in [5.74, 6) is -0.103. The number of Topliss-reactive ketones (excluding diaryl/α,β-unsaturated/α-hetero) is 1. The van der Waals surface area contributed by atoms with Gasteiger partial charge >= 0.3 is 0 Å². The van der Waals surface area contributed by atoms with E-state index < -0.39 is 11.4 Å². The van der Waals surface area contributed by atoms with Crippen molar-refractivity contribution in [1.29, 1.82) is 0 Å². The fourth-order valence-electron chi connectivity index (χ4n) is 3.29. The largest absolute Gasteiger partial charge is 0.494 e. The molecule has 1 aromatic rings. The molecule has 1 aromatic carbocycles. The van der Waals surface area contributed by atoms with E-state index in [0.29, 0.717) is 38.8 Å². The Labute approximate surface area is 134 Å². The number of amides is 1. The molecule has 1 atom stereocenters. The minimum Gasteiger partial charge on any atom is -0.494 e. The van der Waals surface area contributed by atoms with Crippen LogP contribution < -0.4 is 4.74 Å². The molecule has 124 valence electrons. The third-order valence-corrected chi connectivity index (χ3v) is 4.57. The molecule has 1 spiro atoms. The van der Waals surface area contributed by atoms with Crippen molar-refractivity contribution < 1.29 is 23.5 Å². The molecule has 1 unspecified atom stereocenters. The summed E-state index contributed by atoms with van der Waals surface area (Å²) in [7, 11) is 1.42. The summed E-state index contributed by atoms with van der Waals surface area (Å²) >= 11 is 0. The monoisotopic (exact) mass is 321 g/mol. The molecule has 2 aliphatic rings. The molecule has 0 N–H and O–H groups in total. The van der Waals surface area contributed by atoms with Gasteiger partial charge < -0.3 is 14.4 Å². The zero-order valence-electron chi connectivity index (χ0n) is 13.1. The number of likely N-dealkylation sites (tertiary alicyclic amines) is 1. The number of ketones is 1. The van der Waals surface area contributed by atoms with Crippen molar-refractivity contribution in [3.05, 3.63) is 29.6 Å². The zero-order chi connectivity index (χ0) is 16.4. The normalized spacial score (nSPS) is 23.7. The molecule has 0 aromatic heterocycles. The molecule has 5 nitrogen and oxygen atoms in total. The Morgan fingerprint density at radius 3 is 2.96 bits per heavy atom. The van der Waals surface area contributed by atoms with E-state index in [-0.39, 0.29) is 24.0 Å². The molecule has 1 amide bonds. The molecule has 0 aliphatic carbocycles. The molecule has 0 saturated carbocycles. The van der Waals surface area contributed by atoms with Gasteiger partial charge in [-0.1, -0.05) is 6.07 Å². The first-order valence-electron chi connectivity index (χ1n) is 7.77. The Morgan fingerprint density at radius 2 is 2.30 bits per heavy atom. The van der Waals surface area contributed by atoms with E-state index in [0.717, 1.165) is 5.56 Å². The van der Waals surface area contributed by atoms with Crippen LogP contribution in [0.15, 0.2) is 18.2 Å². The van der Waals surface area contributed by atoms with Crippen molar-refractivity contribution in [2.24, 2.45) is 0 Å². The molecule has 2 fully saturated rings. The van der Waals surface area contributed by atoms with E-state index in [2.05, 4.69) is 0 Å². The van der Waals surface area contributed by atoms with Crippen molar-refractivity contribution >= 4 is 11.7 Å². The van der Waals surface area contributed by atoms with Crippen LogP contribution in [0.2, 0.25) is 0 Å². The number of benzene rings is 1. The van der Waals surface area contributed by atoms with E-state index in [4.69, 9.17) is 9.47 Å². The number of rotatable bonds is 4. The molecule has 2 aliphatic heterocycles. The van der Waals surface area contributed by atoms with E-state index in [1.165, 1.54) is 13.2 Å². The van der Waals surface area contributed by atoms with Crippen molar-refractivity contribution in [2.45, 2.75) is 31.3 Å². The van der Waals surface area contributed by atoms with Gasteiger partial charge in [0.05, 0.1) is 19.3 Å². The highest BCUT2D eigenvalue weighted by Crippen LogP contribution is 2.33. The second kappa shape index (κ2) is 6.28. The molecule has 2 saturated heterocycles. The van der Waals surface area contributed by atoms with Gasteiger partial charge in [-0.05, 0) is 30.5 Å². The fraction of sp³-hybridized carbons (Fsp3) is 0.529. The Hall–Kier alpha value is -1.95. The lowest BCUT2D eigenvalue weighted by Crippen LogP contribution is -2.35. The Morgan fingerprint density at radius 1 is 1.48 bits per heavy atom. The summed E-state index contributed by atoms with van der Waals surface area (Å²) < 4.78 is 24.1. The predicted octanol–water partition coefficient (Wildman–Crippen LogP) is 1.73. The van der Waals surface area contributed by atoms with Crippen molar-refractivity contribution in [3.8, 4) is 5.75 Å². The van der Waals surface area contributed by atoms with Gasteiger partial charge in [0, 0.05) is 19.4 Å². The van der Waals surface area contributed by atoms with Crippen LogP contribution in [0.3, 0.4) is 0 Å². The Balaban J connectivity index is 1.54.